The van der Waals surface area contributed by atoms with Gasteiger partial charge in [-0.05, 0) is 18.6 Å². The maximum atomic E-state index is 8.96. The molecule has 0 radical (unpaired) electrons. The summed E-state index contributed by atoms with van der Waals surface area (Å²) in [6.45, 7) is 1.79. The summed E-state index contributed by atoms with van der Waals surface area (Å²) in [4.78, 5) is 0. The standard InChI is InChI=1S/C11H11N5S/c1-8-14-15-11(16(8)13)17-7-10-5-3-2-4-9(10)6-12/h2-5H,7,13H2,1H3. The second-order valence-corrected chi connectivity index (χ2v) is 4.40. The minimum absolute atomic E-state index is 0.648. The molecule has 2 rings (SSSR count). The van der Waals surface area contributed by atoms with E-state index in [1.807, 2.05) is 18.2 Å². The third-order valence-corrected chi connectivity index (χ3v) is 3.32. The first-order chi connectivity index (χ1) is 8.22. The summed E-state index contributed by atoms with van der Waals surface area (Å²) in [6, 6.07) is 9.65. The second kappa shape index (κ2) is 4.89. The van der Waals surface area contributed by atoms with E-state index >= 15 is 0 Å². The van der Waals surface area contributed by atoms with Crippen molar-refractivity contribution in [3.63, 3.8) is 0 Å². The SMILES string of the molecule is Cc1nnc(SCc2ccccc2C#N)n1N. The van der Waals surface area contributed by atoms with Crippen LogP contribution in [0.2, 0.25) is 0 Å². The quantitative estimate of drug-likeness (QED) is 0.654. The molecule has 0 aliphatic rings. The van der Waals surface area contributed by atoms with E-state index in [-0.39, 0.29) is 0 Å². The highest BCUT2D eigenvalue weighted by Gasteiger charge is 2.08. The number of nitrogens with two attached hydrogens (primary N) is 1. The molecule has 0 aliphatic heterocycles. The Kier molecular flexibility index (Phi) is 3.30. The van der Waals surface area contributed by atoms with Crippen molar-refractivity contribution in [3.05, 3.63) is 41.2 Å². The van der Waals surface area contributed by atoms with E-state index < -0.39 is 0 Å². The van der Waals surface area contributed by atoms with E-state index in [1.54, 1.807) is 13.0 Å². The number of aromatic nitrogens is 3. The number of benzene rings is 1. The van der Waals surface area contributed by atoms with Crippen LogP contribution in [-0.2, 0) is 5.75 Å². The number of aryl methyl sites for hydroxylation is 1. The fourth-order valence-electron chi connectivity index (χ4n) is 1.35. The van der Waals surface area contributed by atoms with Gasteiger partial charge in [-0.15, -0.1) is 10.2 Å². The van der Waals surface area contributed by atoms with Crippen LogP contribution in [0, 0.1) is 18.3 Å². The minimum Gasteiger partial charge on any atom is -0.336 e. The number of thioether (sulfide) groups is 1. The molecule has 17 heavy (non-hydrogen) atoms. The van der Waals surface area contributed by atoms with Gasteiger partial charge in [-0.25, -0.2) is 4.68 Å². The van der Waals surface area contributed by atoms with E-state index in [4.69, 9.17) is 11.1 Å². The fraction of sp³-hybridized carbons (Fsp3) is 0.182. The maximum absolute atomic E-state index is 8.96. The predicted molar refractivity (Wildman–Crippen MR) is 65.6 cm³/mol. The number of hydrogen-bond acceptors (Lipinski definition) is 5. The Morgan fingerprint density at radius 2 is 2.18 bits per heavy atom. The van der Waals surface area contributed by atoms with Gasteiger partial charge in [0.2, 0.25) is 5.16 Å². The van der Waals surface area contributed by atoms with Crippen LogP contribution in [0.3, 0.4) is 0 Å². The highest BCUT2D eigenvalue weighted by molar-refractivity contribution is 7.98. The zero-order chi connectivity index (χ0) is 12.3. The molecule has 1 aromatic heterocycles. The molecule has 86 valence electrons. The molecular formula is C11H11N5S. The Hall–Kier alpha value is -2.00. The molecule has 0 aliphatic carbocycles. The number of nitriles is 1. The first-order valence-corrected chi connectivity index (χ1v) is 5.99. The summed E-state index contributed by atoms with van der Waals surface area (Å²) in [5.74, 6) is 7.06. The van der Waals surface area contributed by atoms with E-state index in [2.05, 4.69) is 16.3 Å². The van der Waals surface area contributed by atoms with Gasteiger partial charge in [0.15, 0.2) is 0 Å². The van der Waals surface area contributed by atoms with Crippen molar-refractivity contribution >= 4 is 11.8 Å². The monoisotopic (exact) mass is 245 g/mol. The number of hydrogen-bond donors (Lipinski definition) is 1. The maximum Gasteiger partial charge on any atom is 0.210 e. The molecule has 0 fully saturated rings. The average molecular weight is 245 g/mol. The second-order valence-electron chi connectivity index (χ2n) is 3.46. The molecule has 5 nitrogen and oxygen atoms in total. The molecule has 0 unspecified atom stereocenters. The Morgan fingerprint density at radius 1 is 1.41 bits per heavy atom. The van der Waals surface area contributed by atoms with Gasteiger partial charge in [-0.1, -0.05) is 30.0 Å². The summed E-state index contributed by atoms with van der Waals surface area (Å²) >= 11 is 1.46. The highest BCUT2D eigenvalue weighted by Crippen LogP contribution is 2.21. The van der Waals surface area contributed by atoms with E-state index in [1.165, 1.54) is 16.4 Å². The summed E-state index contributed by atoms with van der Waals surface area (Å²) < 4.78 is 1.44. The third-order valence-electron chi connectivity index (χ3n) is 2.33. The summed E-state index contributed by atoms with van der Waals surface area (Å²) in [7, 11) is 0. The van der Waals surface area contributed by atoms with Gasteiger partial charge in [0.1, 0.15) is 5.82 Å². The first-order valence-electron chi connectivity index (χ1n) is 5.00. The minimum atomic E-state index is 0.648. The molecule has 2 aromatic rings. The molecule has 0 saturated carbocycles. The van der Waals surface area contributed by atoms with Crippen molar-refractivity contribution in [2.24, 2.45) is 0 Å². The first kappa shape index (κ1) is 11.5. The molecule has 0 bridgehead atoms. The van der Waals surface area contributed by atoms with Crippen LogP contribution in [0.4, 0.5) is 0 Å². The van der Waals surface area contributed by atoms with E-state index in [0.29, 0.717) is 22.3 Å². The van der Waals surface area contributed by atoms with Crippen LogP contribution in [-0.4, -0.2) is 14.9 Å². The van der Waals surface area contributed by atoms with Crippen LogP contribution in [0.1, 0.15) is 17.0 Å². The fourth-order valence-corrected chi connectivity index (χ4v) is 2.25. The number of nitrogen functional groups attached to an aromatic ring is 1. The Labute approximate surface area is 103 Å². The largest absolute Gasteiger partial charge is 0.336 e. The molecule has 0 saturated heterocycles. The van der Waals surface area contributed by atoms with E-state index in [9.17, 15) is 0 Å². The highest BCUT2D eigenvalue weighted by atomic mass is 32.2. The van der Waals surface area contributed by atoms with Gasteiger partial charge in [0, 0.05) is 5.75 Å². The smallest absolute Gasteiger partial charge is 0.210 e. The van der Waals surface area contributed by atoms with Crippen molar-refractivity contribution in [2.45, 2.75) is 17.8 Å². The van der Waals surface area contributed by atoms with Gasteiger partial charge < -0.3 is 5.84 Å². The number of nitrogens with zero attached hydrogens (tertiary/aromatic N) is 4. The summed E-state index contributed by atoms with van der Waals surface area (Å²) in [5.41, 5.74) is 1.65. The average Bonchev–Trinajstić information content (AvgIpc) is 2.68. The van der Waals surface area contributed by atoms with Crippen LogP contribution in [0.15, 0.2) is 29.4 Å². The summed E-state index contributed by atoms with van der Waals surface area (Å²) in [6.07, 6.45) is 0. The lowest BCUT2D eigenvalue weighted by atomic mass is 10.1. The molecule has 0 atom stereocenters. The Bertz CT molecular complexity index is 569. The van der Waals surface area contributed by atoms with E-state index in [0.717, 1.165) is 5.56 Å². The molecule has 2 N–H and O–H groups in total. The normalized spacial score (nSPS) is 10.1. The Morgan fingerprint density at radius 3 is 2.82 bits per heavy atom. The van der Waals surface area contributed by atoms with Crippen molar-refractivity contribution in [3.8, 4) is 6.07 Å². The van der Waals surface area contributed by atoms with Gasteiger partial charge in [-0.2, -0.15) is 5.26 Å². The number of rotatable bonds is 3. The molecule has 1 heterocycles. The predicted octanol–water partition coefficient (Wildman–Crippen LogP) is 1.46. The lowest BCUT2D eigenvalue weighted by molar-refractivity contribution is 0.825. The lowest BCUT2D eigenvalue weighted by Crippen LogP contribution is -2.11. The molecule has 1 aromatic carbocycles. The molecular weight excluding hydrogens is 234 g/mol. The van der Waals surface area contributed by atoms with Gasteiger partial charge in [-0.3, -0.25) is 0 Å². The van der Waals surface area contributed by atoms with Crippen molar-refractivity contribution in [1.82, 2.24) is 14.9 Å². The van der Waals surface area contributed by atoms with Gasteiger partial charge in [0.25, 0.3) is 0 Å². The van der Waals surface area contributed by atoms with Crippen LogP contribution in [0.25, 0.3) is 0 Å². The van der Waals surface area contributed by atoms with Crippen LogP contribution >= 0.6 is 11.8 Å². The van der Waals surface area contributed by atoms with Crippen LogP contribution < -0.4 is 5.84 Å². The van der Waals surface area contributed by atoms with Crippen LogP contribution in [0.5, 0.6) is 0 Å². The molecule has 0 amide bonds. The lowest BCUT2D eigenvalue weighted by Gasteiger charge is -2.03. The van der Waals surface area contributed by atoms with Crippen molar-refractivity contribution < 1.29 is 0 Å². The van der Waals surface area contributed by atoms with Crippen molar-refractivity contribution in [2.75, 3.05) is 5.84 Å². The summed E-state index contributed by atoms with van der Waals surface area (Å²) in [5, 5.41) is 17.4. The zero-order valence-corrected chi connectivity index (χ0v) is 10.1. The third kappa shape index (κ3) is 2.40. The topological polar surface area (TPSA) is 80.5 Å². The molecule has 6 heteroatoms. The van der Waals surface area contributed by atoms with Crippen molar-refractivity contribution in [1.29, 1.82) is 5.26 Å². The zero-order valence-electron chi connectivity index (χ0n) is 9.29. The van der Waals surface area contributed by atoms with Gasteiger partial charge in [0.05, 0.1) is 11.6 Å². The van der Waals surface area contributed by atoms with Gasteiger partial charge >= 0.3 is 0 Å². The molecule has 0 spiro atoms. The Balaban J connectivity index is 2.13.